The van der Waals surface area contributed by atoms with Crippen molar-refractivity contribution in [3.05, 3.63) is 59.7 Å². The topological polar surface area (TPSA) is 77.4 Å². The summed E-state index contributed by atoms with van der Waals surface area (Å²) in [6, 6.07) is 15.9. The molecule has 0 spiro atoms. The van der Waals surface area contributed by atoms with E-state index in [-0.39, 0.29) is 26.4 Å². The van der Waals surface area contributed by atoms with E-state index < -0.39 is 12.2 Å². The lowest BCUT2D eigenvalue weighted by atomic mass is 10.2. The minimum atomic E-state index is -0.783. The predicted molar refractivity (Wildman–Crippen MR) is 192 cm³/mol. The summed E-state index contributed by atoms with van der Waals surface area (Å²) in [6.07, 6.45) is 10.9. The molecule has 44 heavy (non-hydrogen) atoms. The summed E-state index contributed by atoms with van der Waals surface area (Å²) in [5.74, 6) is 1.13. The van der Waals surface area contributed by atoms with Gasteiger partial charge in [-0.15, -0.1) is 70.6 Å². The van der Waals surface area contributed by atoms with Crippen molar-refractivity contribution in [2.45, 2.75) is 54.8 Å². The fraction of sp³-hybridized carbons (Fsp3) is 0.438. The molecule has 2 unspecified atom stereocenters. The number of ether oxygens (including phenoxy) is 4. The number of hydrogen-bond acceptors (Lipinski definition) is 12. The highest BCUT2D eigenvalue weighted by Gasteiger charge is 2.14. The van der Waals surface area contributed by atoms with E-state index in [0.29, 0.717) is 24.7 Å². The van der Waals surface area contributed by atoms with E-state index in [1.54, 1.807) is 88.8 Å². The number of aliphatic hydroxyl groups is 2. The predicted octanol–water partition coefficient (Wildman–Crippen LogP) is 7.93. The van der Waals surface area contributed by atoms with Crippen molar-refractivity contribution in [2.75, 3.05) is 64.0 Å². The van der Waals surface area contributed by atoms with E-state index in [9.17, 15) is 10.2 Å². The van der Waals surface area contributed by atoms with Crippen molar-refractivity contribution < 1.29 is 29.2 Å². The fourth-order valence-corrected chi connectivity index (χ4v) is 8.18. The van der Waals surface area contributed by atoms with Crippen LogP contribution < -0.4 is 9.47 Å². The van der Waals surface area contributed by atoms with Crippen LogP contribution in [0.5, 0.6) is 11.5 Å². The maximum absolute atomic E-state index is 10.5. The van der Waals surface area contributed by atoms with Crippen LogP contribution in [-0.2, 0) is 22.7 Å². The normalized spacial score (nSPS) is 12.7. The Kier molecular flexibility index (Phi) is 17.5. The molecule has 0 fully saturated rings. The number of thioether (sulfide) groups is 6. The zero-order chi connectivity index (χ0) is 31.9. The molecule has 2 N–H and O–H groups in total. The monoisotopic (exact) mass is 714 g/mol. The standard InChI is InChI=1S/C32H42O6S6/c1-39-25-11-29(41-3)27(30(12-25)42-4)19-35-15-21(33)17-37-23-8-7-9-24(10-23)38-18-22(34)16-36-20-28-31(43-5)13-26(40-2)14-32(28)44-6/h7-14,21-22,33-34H,15-20H2,1-6H3. The maximum atomic E-state index is 10.5. The first-order valence-corrected chi connectivity index (χ1v) is 21.2. The summed E-state index contributed by atoms with van der Waals surface area (Å²) in [6.45, 7) is 1.35. The van der Waals surface area contributed by atoms with E-state index in [2.05, 4.69) is 61.8 Å². The Morgan fingerprint density at radius 2 is 0.886 bits per heavy atom. The highest BCUT2D eigenvalue weighted by Crippen LogP contribution is 2.36. The van der Waals surface area contributed by atoms with Crippen LogP contribution in [0.15, 0.2) is 77.9 Å². The van der Waals surface area contributed by atoms with Gasteiger partial charge in [0, 0.05) is 46.6 Å². The molecule has 0 bridgehead atoms. The first-order chi connectivity index (χ1) is 21.3. The fourth-order valence-electron chi connectivity index (χ4n) is 4.17. The number of aliphatic hydroxyl groups excluding tert-OH is 2. The van der Waals surface area contributed by atoms with Crippen LogP contribution in [0.3, 0.4) is 0 Å². The Morgan fingerprint density at radius 3 is 1.20 bits per heavy atom. The van der Waals surface area contributed by atoms with Gasteiger partial charge in [0.25, 0.3) is 0 Å². The Balaban J connectivity index is 1.42. The molecular weight excluding hydrogens is 673 g/mol. The van der Waals surface area contributed by atoms with Gasteiger partial charge in [-0.3, -0.25) is 0 Å². The van der Waals surface area contributed by atoms with Crippen molar-refractivity contribution in [2.24, 2.45) is 0 Å². The van der Waals surface area contributed by atoms with Gasteiger partial charge in [-0.25, -0.2) is 0 Å². The minimum absolute atomic E-state index is 0.0874. The first kappa shape index (κ1) is 37.7. The van der Waals surface area contributed by atoms with Gasteiger partial charge in [0.05, 0.1) is 26.4 Å². The molecule has 0 radical (unpaired) electrons. The third kappa shape index (κ3) is 11.8. The largest absolute Gasteiger partial charge is 0.491 e. The highest BCUT2D eigenvalue weighted by molar-refractivity contribution is 8.00. The molecule has 0 aromatic heterocycles. The van der Waals surface area contributed by atoms with E-state index in [4.69, 9.17) is 18.9 Å². The van der Waals surface area contributed by atoms with Gasteiger partial charge in [0.2, 0.25) is 0 Å². The number of hydrogen-bond donors (Lipinski definition) is 2. The van der Waals surface area contributed by atoms with Crippen molar-refractivity contribution in [3.63, 3.8) is 0 Å². The van der Waals surface area contributed by atoms with Crippen LogP contribution in [-0.4, -0.2) is 86.4 Å². The van der Waals surface area contributed by atoms with Crippen LogP contribution in [0.25, 0.3) is 0 Å². The smallest absolute Gasteiger partial charge is 0.123 e. The van der Waals surface area contributed by atoms with Crippen molar-refractivity contribution in [1.82, 2.24) is 0 Å². The van der Waals surface area contributed by atoms with Gasteiger partial charge in [-0.1, -0.05) is 6.07 Å². The Bertz CT molecular complexity index is 1170. The second-order valence-electron chi connectivity index (χ2n) is 9.46. The SMILES string of the molecule is CSc1cc(SC)c(COCC(O)COc2cccc(OCC(O)COCc3c(SC)cc(SC)cc3SC)c2)c(SC)c1. The lowest BCUT2D eigenvalue weighted by Crippen LogP contribution is -2.24. The molecule has 0 aliphatic rings. The lowest BCUT2D eigenvalue weighted by Gasteiger charge is -2.17. The summed E-state index contributed by atoms with van der Waals surface area (Å²) < 4.78 is 23.4. The van der Waals surface area contributed by atoms with Crippen molar-refractivity contribution in [1.29, 1.82) is 0 Å². The second kappa shape index (κ2) is 20.4. The Labute approximate surface area is 287 Å². The van der Waals surface area contributed by atoms with E-state index in [0.717, 1.165) is 11.1 Å². The molecular formula is C32H42O6S6. The Hall–Kier alpha value is -0.800. The molecule has 2 atom stereocenters. The van der Waals surface area contributed by atoms with Crippen molar-refractivity contribution in [3.8, 4) is 11.5 Å². The van der Waals surface area contributed by atoms with E-state index >= 15 is 0 Å². The molecule has 12 heteroatoms. The van der Waals surface area contributed by atoms with Gasteiger partial charge in [0.15, 0.2) is 0 Å². The Morgan fingerprint density at radius 1 is 0.523 bits per heavy atom. The summed E-state index contributed by atoms with van der Waals surface area (Å²) in [5, 5.41) is 21.0. The minimum Gasteiger partial charge on any atom is -0.491 e. The summed E-state index contributed by atoms with van der Waals surface area (Å²) in [5.41, 5.74) is 2.29. The van der Waals surface area contributed by atoms with Crippen LogP contribution >= 0.6 is 70.6 Å². The van der Waals surface area contributed by atoms with Crippen molar-refractivity contribution >= 4 is 70.6 Å². The van der Waals surface area contributed by atoms with E-state index in [1.165, 1.54) is 29.4 Å². The molecule has 3 rings (SSSR count). The van der Waals surface area contributed by atoms with Crippen LogP contribution in [0.2, 0.25) is 0 Å². The molecule has 242 valence electrons. The zero-order valence-corrected chi connectivity index (χ0v) is 30.9. The van der Waals surface area contributed by atoms with Crippen LogP contribution in [0.4, 0.5) is 0 Å². The van der Waals surface area contributed by atoms with Crippen LogP contribution in [0.1, 0.15) is 11.1 Å². The molecule has 0 aliphatic carbocycles. The molecule has 0 saturated carbocycles. The summed E-state index contributed by atoms with van der Waals surface area (Å²) in [7, 11) is 0. The van der Waals surface area contributed by atoms with Gasteiger partial charge in [0.1, 0.15) is 36.9 Å². The average molecular weight is 715 g/mol. The molecule has 0 saturated heterocycles. The van der Waals surface area contributed by atoms with Gasteiger partial charge >= 0.3 is 0 Å². The van der Waals surface area contributed by atoms with Gasteiger partial charge in [-0.05, 0) is 73.9 Å². The molecule has 3 aromatic rings. The molecule has 0 amide bonds. The molecule has 3 aromatic carbocycles. The third-order valence-corrected chi connectivity index (χ3v) is 11.1. The van der Waals surface area contributed by atoms with Gasteiger partial charge < -0.3 is 29.2 Å². The summed E-state index contributed by atoms with van der Waals surface area (Å²) in [4.78, 5) is 7.22. The zero-order valence-electron chi connectivity index (χ0n) is 26.0. The highest BCUT2D eigenvalue weighted by atomic mass is 32.2. The average Bonchev–Trinajstić information content (AvgIpc) is 3.06. The third-order valence-electron chi connectivity index (χ3n) is 6.44. The summed E-state index contributed by atoms with van der Waals surface area (Å²) >= 11 is 10.3. The maximum Gasteiger partial charge on any atom is 0.123 e. The number of rotatable bonds is 20. The van der Waals surface area contributed by atoms with Crippen LogP contribution in [0, 0.1) is 0 Å². The molecule has 6 nitrogen and oxygen atoms in total. The molecule has 0 heterocycles. The number of benzene rings is 3. The quantitative estimate of drug-likeness (QED) is 0.112. The molecule has 0 aliphatic heterocycles. The van der Waals surface area contributed by atoms with Gasteiger partial charge in [-0.2, -0.15) is 0 Å². The van der Waals surface area contributed by atoms with E-state index in [1.807, 2.05) is 6.07 Å². The lowest BCUT2D eigenvalue weighted by molar-refractivity contribution is 0.00306. The first-order valence-electron chi connectivity index (χ1n) is 13.8. The second-order valence-corrected chi connectivity index (χ2v) is 14.6.